The number of aliphatic carboxylic acids is 1. The van der Waals surface area contributed by atoms with Crippen molar-refractivity contribution in [2.45, 2.75) is 31.5 Å². The van der Waals surface area contributed by atoms with Gasteiger partial charge in [-0.05, 0) is 52.5 Å². The van der Waals surface area contributed by atoms with Crippen LogP contribution in [0.3, 0.4) is 0 Å². The number of carboxylic acids is 1. The molecule has 1 fully saturated rings. The van der Waals surface area contributed by atoms with Gasteiger partial charge < -0.3 is 14.6 Å². The average Bonchev–Trinajstić information content (AvgIpc) is 2.83. The summed E-state index contributed by atoms with van der Waals surface area (Å²) in [5.41, 5.74) is 3.55. The first-order chi connectivity index (χ1) is 16.3. The lowest BCUT2D eigenvalue weighted by Crippen LogP contribution is -2.32. The first-order valence-corrected chi connectivity index (χ1v) is 11.9. The smallest absolute Gasteiger partial charge is 0.341 e. The molecular formula is C28H26BrFO4. The fraction of sp³-hybridized carbons (Fsp3) is 0.250. The molecule has 0 saturated carbocycles. The van der Waals surface area contributed by atoms with Crippen LogP contribution in [-0.2, 0) is 9.53 Å². The second-order valence-electron chi connectivity index (χ2n) is 8.58. The van der Waals surface area contributed by atoms with Gasteiger partial charge in [-0.25, -0.2) is 9.18 Å². The van der Waals surface area contributed by atoms with Crippen LogP contribution in [0.2, 0.25) is 0 Å². The maximum absolute atomic E-state index is 14.6. The Labute approximate surface area is 207 Å². The summed E-state index contributed by atoms with van der Waals surface area (Å²) in [6.07, 6.45) is -0.132. The van der Waals surface area contributed by atoms with E-state index >= 15 is 0 Å². The van der Waals surface area contributed by atoms with Gasteiger partial charge in [0.1, 0.15) is 11.6 Å². The lowest BCUT2D eigenvalue weighted by Gasteiger charge is -2.43. The molecule has 4 rings (SSSR count). The van der Waals surface area contributed by atoms with E-state index in [0.717, 1.165) is 23.1 Å². The van der Waals surface area contributed by atoms with Gasteiger partial charge in [0, 0.05) is 17.4 Å². The summed E-state index contributed by atoms with van der Waals surface area (Å²) in [5, 5.41) is 9.15. The van der Waals surface area contributed by atoms with Crippen molar-refractivity contribution < 1.29 is 23.8 Å². The normalized spacial score (nSPS) is 22.2. The minimum absolute atomic E-state index is 0.0573. The zero-order valence-electron chi connectivity index (χ0n) is 18.8. The molecule has 6 heteroatoms. The molecule has 3 aromatic carbocycles. The summed E-state index contributed by atoms with van der Waals surface area (Å²) in [7, 11) is 0. The summed E-state index contributed by atoms with van der Waals surface area (Å²) < 4.78 is 27.3. The monoisotopic (exact) mass is 524 g/mol. The Morgan fingerprint density at radius 3 is 2.29 bits per heavy atom. The van der Waals surface area contributed by atoms with Gasteiger partial charge in [0.05, 0.1) is 16.7 Å². The van der Waals surface area contributed by atoms with Gasteiger partial charge in [-0.2, -0.15) is 0 Å². The van der Waals surface area contributed by atoms with E-state index in [1.807, 2.05) is 55.5 Å². The van der Waals surface area contributed by atoms with Crippen molar-refractivity contribution in [3.8, 4) is 5.75 Å². The summed E-state index contributed by atoms with van der Waals surface area (Å²) >= 11 is 3.34. The van der Waals surface area contributed by atoms with Crippen molar-refractivity contribution in [2.24, 2.45) is 5.92 Å². The van der Waals surface area contributed by atoms with Crippen molar-refractivity contribution >= 4 is 21.9 Å². The van der Waals surface area contributed by atoms with Crippen LogP contribution in [0.1, 0.15) is 48.2 Å². The number of carboxylic acid groups (broad SMARTS) is 1. The van der Waals surface area contributed by atoms with Gasteiger partial charge in [0.15, 0.2) is 6.61 Å². The number of rotatable bonds is 7. The highest BCUT2D eigenvalue weighted by atomic mass is 79.9. The molecule has 0 unspecified atom stereocenters. The minimum atomic E-state index is -1.12. The molecule has 0 bridgehead atoms. The quantitative estimate of drug-likeness (QED) is 0.331. The second kappa shape index (κ2) is 10.5. The number of benzene rings is 3. The maximum Gasteiger partial charge on any atom is 0.341 e. The average molecular weight is 525 g/mol. The number of hydrogen-bond acceptors (Lipinski definition) is 3. The molecular weight excluding hydrogens is 499 g/mol. The van der Waals surface area contributed by atoms with E-state index in [4.69, 9.17) is 14.6 Å². The molecule has 1 N–H and O–H groups in total. The lowest BCUT2D eigenvalue weighted by molar-refractivity contribution is -0.139. The summed E-state index contributed by atoms with van der Waals surface area (Å²) in [6, 6.07) is 22.8. The molecule has 176 valence electrons. The Morgan fingerprint density at radius 2 is 1.71 bits per heavy atom. The number of halogens is 2. The van der Waals surface area contributed by atoms with Gasteiger partial charge in [0.25, 0.3) is 0 Å². The Balaban J connectivity index is 1.82. The molecule has 0 aliphatic carbocycles. The Bertz CT molecular complexity index is 1170. The third kappa shape index (κ3) is 5.24. The molecule has 0 radical (unpaired) electrons. The SMILES string of the molecule is C=C(C)[C@H]1C[C@H](c2ccccc2)[C@H](c2ccccc2)O[C@@H]1c1cc(F)cc(Br)c1OCC(=O)O. The van der Waals surface area contributed by atoms with Crippen molar-refractivity contribution in [1.82, 2.24) is 0 Å². The van der Waals surface area contributed by atoms with E-state index in [1.165, 1.54) is 12.1 Å². The van der Waals surface area contributed by atoms with Gasteiger partial charge in [0.2, 0.25) is 0 Å². The molecule has 1 heterocycles. The number of carbonyl (C=O) groups is 1. The maximum atomic E-state index is 14.6. The molecule has 1 aliphatic heterocycles. The highest BCUT2D eigenvalue weighted by Gasteiger charge is 2.42. The standard InChI is InChI=1S/C28H26BrFO4/c1-17(2)21-15-22(18-9-5-3-6-10-18)26(19-11-7-4-8-12-19)34-27(21)23-13-20(30)14-24(29)28(23)33-16-25(31)32/h3-14,21-22,26-27H,1,15-16H2,2H3,(H,31,32)/t21-,22-,26+,27+/m1/s1. The first kappa shape index (κ1) is 24.2. The largest absolute Gasteiger partial charge is 0.480 e. The van der Waals surface area contributed by atoms with Crippen molar-refractivity contribution in [3.05, 3.63) is 112 Å². The number of ether oxygens (including phenoxy) is 2. The number of hydrogen-bond donors (Lipinski definition) is 1. The summed E-state index contributed by atoms with van der Waals surface area (Å²) in [4.78, 5) is 11.2. The minimum Gasteiger partial charge on any atom is -0.480 e. The van der Waals surface area contributed by atoms with Crippen LogP contribution in [0, 0.1) is 11.7 Å². The zero-order chi connectivity index (χ0) is 24.2. The van der Waals surface area contributed by atoms with Crippen LogP contribution in [0.4, 0.5) is 4.39 Å². The molecule has 0 aromatic heterocycles. The fourth-order valence-electron chi connectivity index (χ4n) is 4.66. The van der Waals surface area contributed by atoms with Crippen LogP contribution in [0.5, 0.6) is 5.75 Å². The Morgan fingerprint density at radius 1 is 1.09 bits per heavy atom. The third-order valence-electron chi connectivity index (χ3n) is 6.20. The molecule has 34 heavy (non-hydrogen) atoms. The Kier molecular flexibility index (Phi) is 7.49. The van der Waals surface area contributed by atoms with E-state index in [0.29, 0.717) is 10.0 Å². The van der Waals surface area contributed by atoms with E-state index < -0.39 is 24.5 Å². The molecule has 0 amide bonds. The van der Waals surface area contributed by atoms with Crippen LogP contribution in [0.15, 0.2) is 89.4 Å². The Hall–Kier alpha value is -2.96. The molecule has 1 saturated heterocycles. The molecule has 1 aliphatic rings. The zero-order valence-corrected chi connectivity index (χ0v) is 20.4. The van der Waals surface area contributed by atoms with Crippen molar-refractivity contribution in [3.63, 3.8) is 0 Å². The first-order valence-electron chi connectivity index (χ1n) is 11.1. The molecule has 4 atom stereocenters. The summed E-state index contributed by atoms with van der Waals surface area (Å²) in [6.45, 7) is 5.61. The molecule has 4 nitrogen and oxygen atoms in total. The fourth-order valence-corrected chi connectivity index (χ4v) is 5.22. The van der Waals surface area contributed by atoms with Crippen molar-refractivity contribution in [1.29, 1.82) is 0 Å². The highest BCUT2D eigenvalue weighted by molar-refractivity contribution is 9.10. The highest BCUT2D eigenvalue weighted by Crippen LogP contribution is 2.53. The van der Waals surface area contributed by atoms with Gasteiger partial charge in [-0.15, -0.1) is 0 Å². The van der Waals surface area contributed by atoms with Crippen LogP contribution in [0.25, 0.3) is 0 Å². The van der Waals surface area contributed by atoms with E-state index in [1.54, 1.807) is 0 Å². The predicted molar refractivity (Wildman–Crippen MR) is 132 cm³/mol. The van der Waals surface area contributed by atoms with Gasteiger partial charge >= 0.3 is 5.97 Å². The predicted octanol–water partition coefficient (Wildman–Crippen LogP) is 7.23. The lowest BCUT2D eigenvalue weighted by atomic mass is 9.74. The van der Waals surface area contributed by atoms with Crippen LogP contribution < -0.4 is 4.74 Å². The van der Waals surface area contributed by atoms with Gasteiger partial charge in [-0.1, -0.05) is 72.8 Å². The molecule has 3 aromatic rings. The van der Waals surface area contributed by atoms with Crippen molar-refractivity contribution in [2.75, 3.05) is 6.61 Å². The van der Waals surface area contributed by atoms with Crippen LogP contribution in [-0.4, -0.2) is 17.7 Å². The topological polar surface area (TPSA) is 55.8 Å². The second-order valence-corrected chi connectivity index (χ2v) is 9.44. The van der Waals surface area contributed by atoms with Gasteiger partial charge in [-0.3, -0.25) is 0 Å². The molecule has 0 spiro atoms. The van der Waals surface area contributed by atoms with E-state index in [9.17, 15) is 9.18 Å². The van der Waals surface area contributed by atoms with Crippen LogP contribution >= 0.6 is 15.9 Å². The van der Waals surface area contributed by atoms with E-state index in [-0.39, 0.29) is 23.7 Å². The third-order valence-corrected chi connectivity index (χ3v) is 6.79. The summed E-state index contributed by atoms with van der Waals surface area (Å²) in [5.74, 6) is -1.39. The van der Waals surface area contributed by atoms with E-state index in [2.05, 4.69) is 34.6 Å².